The number of hydrogen-bond donors (Lipinski definition) is 2. The summed E-state index contributed by atoms with van der Waals surface area (Å²) in [5.41, 5.74) is 2.02. The molecule has 4 amide bonds. The fourth-order valence-corrected chi connectivity index (χ4v) is 2.94. The van der Waals surface area contributed by atoms with Gasteiger partial charge in [0.1, 0.15) is 0 Å². The van der Waals surface area contributed by atoms with Crippen molar-refractivity contribution in [3.05, 3.63) is 70.8 Å². The summed E-state index contributed by atoms with van der Waals surface area (Å²) in [6, 6.07) is 12.9. The van der Waals surface area contributed by atoms with E-state index in [-0.39, 0.29) is 31.4 Å². The molecule has 150 valence electrons. The van der Waals surface area contributed by atoms with Crippen LogP contribution < -0.4 is 10.6 Å². The zero-order chi connectivity index (χ0) is 20.8. The molecule has 0 aromatic heterocycles. The Hall–Kier alpha value is -3.68. The Kier molecular flexibility index (Phi) is 6.23. The Labute approximate surface area is 167 Å². The predicted molar refractivity (Wildman–Crippen MR) is 104 cm³/mol. The molecule has 0 saturated heterocycles. The van der Waals surface area contributed by atoms with Gasteiger partial charge < -0.3 is 15.4 Å². The molecule has 1 aliphatic rings. The first-order valence-electron chi connectivity index (χ1n) is 9.24. The van der Waals surface area contributed by atoms with Crippen molar-refractivity contribution in [2.75, 3.05) is 19.7 Å². The molecule has 0 fully saturated rings. The molecule has 0 spiro atoms. The zero-order valence-corrected chi connectivity index (χ0v) is 15.9. The van der Waals surface area contributed by atoms with Gasteiger partial charge in [-0.2, -0.15) is 0 Å². The summed E-state index contributed by atoms with van der Waals surface area (Å²) < 4.78 is 4.92. The van der Waals surface area contributed by atoms with Gasteiger partial charge in [-0.05, 0) is 36.8 Å². The smallest absolute Gasteiger partial charge is 0.338 e. The number of benzene rings is 2. The first kappa shape index (κ1) is 20.1. The number of nitrogens with one attached hydrogen (secondary N) is 2. The van der Waals surface area contributed by atoms with Crippen LogP contribution in [-0.4, -0.2) is 48.4 Å². The number of ether oxygens (including phenoxy) is 1. The van der Waals surface area contributed by atoms with Crippen molar-refractivity contribution < 1.29 is 23.9 Å². The number of imide groups is 1. The van der Waals surface area contributed by atoms with Gasteiger partial charge in [-0.3, -0.25) is 14.5 Å². The molecule has 0 saturated carbocycles. The summed E-state index contributed by atoms with van der Waals surface area (Å²) in [5, 5.41) is 5.31. The Morgan fingerprint density at radius 3 is 2.14 bits per heavy atom. The van der Waals surface area contributed by atoms with Crippen LogP contribution in [0, 0.1) is 0 Å². The highest BCUT2D eigenvalue weighted by Gasteiger charge is 2.34. The fourth-order valence-electron chi connectivity index (χ4n) is 2.94. The monoisotopic (exact) mass is 395 g/mol. The molecule has 3 rings (SSSR count). The van der Waals surface area contributed by atoms with Gasteiger partial charge in [0.2, 0.25) is 0 Å². The molecule has 1 heterocycles. The van der Waals surface area contributed by atoms with Crippen LogP contribution in [0.15, 0.2) is 48.5 Å². The van der Waals surface area contributed by atoms with Gasteiger partial charge in [-0.15, -0.1) is 0 Å². The van der Waals surface area contributed by atoms with Gasteiger partial charge in [0.05, 0.1) is 23.3 Å². The Morgan fingerprint density at radius 1 is 0.931 bits per heavy atom. The Bertz CT molecular complexity index is 905. The number of esters is 1. The van der Waals surface area contributed by atoms with Crippen LogP contribution >= 0.6 is 0 Å². The lowest BCUT2D eigenvalue weighted by Gasteiger charge is -2.14. The van der Waals surface area contributed by atoms with Crippen molar-refractivity contribution in [1.82, 2.24) is 15.5 Å². The maximum atomic E-state index is 12.3. The molecule has 0 unspecified atom stereocenters. The van der Waals surface area contributed by atoms with Gasteiger partial charge in [-0.1, -0.05) is 24.3 Å². The molecule has 2 aromatic rings. The van der Waals surface area contributed by atoms with E-state index in [4.69, 9.17) is 4.74 Å². The minimum absolute atomic E-state index is 0.0913. The third-order valence-corrected chi connectivity index (χ3v) is 4.42. The number of nitrogens with zero attached hydrogens (tertiary/aromatic N) is 1. The minimum Gasteiger partial charge on any atom is -0.462 e. The van der Waals surface area contributed by atoms with E-state index in [1.54, 1.807) is 55.5 Å². The molecule has 29 heavy (non-hydrogen) atoms. The second-order valence-corrected chi connectivity index (χ2v) is 6.33. The average Bonchev–Trinajstić information content (AvgIpc) is 2.98. The summed E-state index contributed by atoms with van der Waals surface area (Å²) in [4.78, 5) is 49.2. The summed E-state index contributed by atoms with van der Waals surface area (Å²) in [5.74, 6) is -1.10. The highest BCUT2D eigenvalue weighted by Crippen LogP contribution is 2.21. The van der Waals surface area contributed by atoms with Gasteiger partial charge >= 0.3 is 12.0 Å². The molecule has 0 atom stereocenters. The summed E-state index contributed by atoms with van der Waals surface area (Å²) in [6.07, 6.45) is 0. The third kappa shape index (κ3) is 4.60. The van der Waals surface area contributed by atoms with Crippen molar-refractivity contribution >= 4 is 23.8 Å². The predicted octanol–water partition coefficient (Wildman–Crippen LogP) is 1.96. The average molecular weight is 395 g/mol. The van der Waals surface area contributed by atoms with Crippen LogP contribution in [0.4, 0.5) is 4.79 Å². The Balaban J connectivity index is 1.42. The van der Waals surface area contributed by atoms with Crippen molar-refractivity contribution in [3.63, 3.8) is 0 Å². The Morgan fingerprint density at radius 2 is 1.55 bits per heavy atom. The van der Waals surface area contributed by atoms with E-state index in [0.717, 1.165) is 10.5 Å². The van der Waals surface area contributed by atoms with Crippen LogP contribution in [0.3, 0.4) is 0 Å². The molecular weight excluding hydrogens is 374 g/mol. The maximum absolute atomic E-state index is 12.3. The van der Waals surface area contributed by atoms with Gasteiger partial charge in [0.25, 0.3) is 11.8 Å². The van der Waals surface area contributed by atoms with Crippen molar-refractivity contribution in [2.24, 2.45) is 0 Å². The maximum Gasteiger partial charge on any atom is 0.338 e. The van der Waals surface area contributed by atoms with Crippen LogP contribution in [0.25, 0.3) is 0 Å². The first-order valence-corrected chi connectivity index (χ1v) is 9.24. The third-order valence-electron chi connectivity index (χ3n) is 4.42. The normalized spacial score (nSPS) is 12.5. The number of amides is 4. The van der Waals surface area contributed by atoms with Crippen molar-refractivity contribution in [2.45, 2.75) is 13.5 Å². The number of rotatable bonds is 7. The lowest BCUT2D eigenvalue weighted by atomic mass is 10.1. The molecule has 2 aromatic carbocycles. The second-order valence-electron chi connectivity index (χ2n) is 6.33. The van der Waals surface area contributed by atoms with E-state index in [2.05, 4.69) is 10.6 Å². The topological polar surface area (TPSA) is 105 Å². The number of carbonyl (C=O) groups excluding carboxylic acids is 4. The van der Waals surface area contributed by atoms with E-state index >= 15 is 0 Å². The van der Waals surface area contributed by atoms with E-state index in [0.29, 0.717) is 23.3 Å². The minimum atomic E-state index is -0.420. The van der Waals surface area contributed by atoms with Crippen LogP contribution in [0.5, 0.6) is 0 Å². The van der Waals surface area contributed by atoms with Gasteiger partial charge in [0, 0.05) is 19.6 Å². The number of fused-ring (bicyclic) bond motifs is 1. The number of carbonyl (C=O) groups is 4. The van der Waals surface area contributed by atoms with E-state index in [1.165, 1.54) is 0 Å². The van der Waals surface area contributed by atoms with Crippen molar-refractivity contribution in [3.8, 4) is 0 Å². The fraction of sp³-hybridized carbons (Fsp3) is 0.238. The molecule has 0 radical (unpaired) electrons. The number of hydrogen-bond acceptors (Lipinski definition) is 5. The first-order chi connectivity index (χ1) is 14.0. The summed E-state index contributed by atoms with van der Waals surface area (Å²) >= 11 is 0. The quantitative estimate of drug-likeness (QED) is 0.551. The molecular formula is C21H21N3O5. The van der Waals surface area contributed by atoms with E-state index in [9.17, 15) is 19.2 Å². The zero-order valence-electron chi connectivity index (χ0n) is 15.9. The molecule has 2 N–H and O–H groups in total. The second kappa shape index (κ2) is 9.01. The summed E-state index contributed by atoms with van der Waals surface area (Å²) in [6.45, 7) is 2.54. The highest BCUT2D eigenvalue weighted by atomic mass is 16.5. The van der Waals surface area contributed by atoms with Gasteiger partial charge in [0.15, 0.2) is 0 Å². The standard InChI is InChI=1S/C21H21N3O5/c1-2-29-20(27)15-9-7-14(8-10-15)13-23-21(28)22-11-12-24-18(25)16-5-3-4-6-17(16)19(24)26/h3-10H,2,11-13H2,1H3,(H2,22,23,28). The lowest BCUT2D eigenvalue weighted by Crippen LogP contribution is -2.41. The molecule has 0 bridgehead atoms. The van der Waals surface area contributed by atoms with E-state index in [1.807, 2.05) is 0 Å². The molecule has 1 aliphatic heterocycles. The van der Waals surface area contributed by atoms with Crippen LogP contribution in [-0.2, 0) is 11.3 Å². The molecule has 0 aliphatic carbocycles. The lowest BCUT2D eigenvalue weighted by molar-refractivity contribution is 0.0525. The number of urea groups is 1. The van der Waals surface area contributed by atoms with Crippen molar-refractivity contribution in [1.29, 1.82) is 0 Å². The highest BCUT2D eigenvalue weighted by molar-refractivity contribution is 6.21. The van der Waals surface area contributed by atoms with Crippen LogP contribution in [0.2, 0.25) is 0 Å². The summed E-state index contributed by atoms with van der Waals surface area (Å²) in [7, 11) is 0. The van der Waals surface area contributed by atoms with E-state index < -0.39 is 12.0 Å². The van der Waals surface area contributed by atoms with Crippen LogP contribution in [0.1, 0.15) is 43.6 Å². The van der Waals surface area contributed by atoms with Gasteiger partial charge in [-0.25, -0.2) is 9.59 Å². The largest absolute Gasteiger partial charge is 0.462 e. The molecule has 8 nitrogen and oxygen atoms in total. The molecule has 8 heteroatoms. The SMILES string of the molecule is CCOC(=O)c1ccc(CNC(=O)NCCN2C(=O)c3ccccc3C2=O)cc1.